The second-order valence-electron chi connectivity index (χ2n) is 8.00. The van der Waals surface area contributed by atoms with Gasteiger partial charge in [0, 0.05) is 31.3 Å². The van der Waals surface area contributed by atoms with Gasteiger partial charge in [-0.3, -0.25) is 14.7 Å². The van der Waals surface area contributed by atoms with Crippen molar-refractivity contribution in [2.75, 3.05) is 7.05 Å². The van der Waals surface area contributed by atoms with E-state index < -0.39 is 0 Å². The molecule has 1 aromatic heterocycles. The highest BCUT2D eigenvalue weighted by Crippen LogP contribution is 2.23. The summed E-state index contributed by atoms with van der Waals surface area (Å²) in [5.41, 5.74) is 5.71. The van der Waals surface area contributed by atoms with Crippen LogP contribution in [-0.2, 0) is 13.1 Å². The fraction of sp³-hybridized carbons (Fsp3) is 0.148. The number of hydrogen-bond acceptors (Lipinski definition) is 3. The molecule has 6 heteroatoms. The summed E-state index contributed by atoms with van der Waals surface area (Å²) in [6.07, 6.45) is 1.56. The maximum atomic E-state index is 13.0. The van der Waals surface area contributed by atoms with E-state index in [1.165, 1.54) is 0 Å². The minimum absolute atomic E-state index is 0.0971. The fourth-order valence-electron chi connectivity index (χ4n) is 3.70. The van der Waals surface area contributed by atoms with Gasteiger partial charge in [0.1, 0.15) is 0 Å². The van der Waals surface area contributed by atoms with E-state index in [1.807, 2.05) is 85.8 Å². The maximum absolute atomic E-state index is 13.0. The molecule has 0 aliphatic rings. The molecule has 3 aromatic carbocycles. The molecule has 33 heavy (non-hydrogen) atoms. The zero-order chi connectivity index (χ0) is 23.2. The molecule has 2 N–H and O–H groups in total. The Labute approximate surface area is 193 Å². The Bertz CT molecular complexity index is 1250. The normalized spacial score (nSPS) is 10.6. The Hall–Kier alpha value is -4.19. The van der Waals surface area contributed by atoms with Crippen LogP contribution in [-0.4, -0.2) is 34.0 Å². The molecule has 0 aliphatic carbocycles. The van der Waals surface area contributed by atoms with E-state index in [9.17, 15) is 9.59 Å². The lowest BCUT2D eigenvalue weighted by Gasteiger charge is -2.17. The molecule has 0 aliphatic heterocycles. The lowest BCUT2D eigenvalue weighted by atomic mass is 10.0. The average Bonchev–Trinajstić information content (AvgIpc) is 3.33. The van der Waals surface area contributed by atoms with E-state index in [-0.39, 0.29) is 11.8 Å². The molecule has 166 valence electrons. The van der Waals surface area contributed by atoms with Crippen LogP contribution in [0.3, 0.4) is 0 Å². The molecule has 0 unspecified atom stereocenters. The van der Waals surface area contributed by atoms with Crippen LogP contribution in [0.5, 0.6) is 0 Å². The molecular weight excluding hydrogens is 412 g/mol. The highest BCUT2D eigenvalue weighted by atomic mass is 16.2. The van der Waals surface area contributed by atoms with E-state index in [0.29, 0.717) is 29.9 Å². The molecule has 4 rings (SSSR count). The van der Waals surface area contributed by atoms with Gasteiger partial charge in [0.05, 0.1) is 17.5 Å². The molecule has 0 radical (unpaired) electrons. The van der Waals surface area contributed by atoms with Gasteiger partial charge in [-0.2, -0.15) is 5.10 Å². The number of amides is 2. The van der Waals surface area contributed by atoms with E-state index in [0.717, 1.165) is 22.3 Å². The number of aryl methyl sites for hydroxylation is 1. The SMILES string of the molecule is Cc1ccccc1C(=O)NCc1ccc(-c2[nH]ncc2C(=O)N(C)Cc2ccccc2)cc1. The minimum Gasteiger partial charge on any atom is -0.348 e. The third-order valence-corrected chi connectivity index (χ3v) is 5.56. The van der Waals surface area contributed by atoms with Crippen molar-refractivity contribution in [2.45, 2.75) is 20.0 Å². The highest BCUT2D eigenvalue weighted by Gasteiger charge is 2.19. The Morgan fingerprint density at radius 3 is 2.30 bits per heavy atom. The third kappa shape index (κ3) is 5.18. The third-order valence-electron chi connectivity index (χ3n) is 5.56. The van der Waals surface area contributed by atoms with Crippen molar-refractivity contribution in [2.24, 2.45) is 0 Å². The van der Waals surface area contributed by atoms with Crippen LogP contribution in [0.15, 0.2) is 85.1 Å². The predicted molar refractivity (Wildman–Crippen MR) is 129 cm³/mol. The summed E-state index contributed by atoms with van der Waals surface area (Å²) in [6, 6.07) is 25.1. The number of aromatic amines is 1. The molecule has 6 nitrogen and oxygen atoms in total. The Morgan fingerprint density at radius 1 is 0.879 bits per heavy atom. The van der Waals surface area contributed by atoms with E-state index in [1.54, 1.807) is 18.1 Å². The lowest BCUT2D eigenvalue weighted by molar-refractivity contribution is 0.0785. The zero-order valence-electron chi connectivity index (χ0n) is 18.7. The quantitative estimate of drug-likeness (QED) is 0.443. The number of hydrogen-bond donors (Lipinski definition) is 2. The van der Waals surface area contributed by atoms with Gasteiger partial charge < -0.3 is 10.2 Å². The number of carbonyl (C=O) groups excluding carboxylic acids is 2. The van der Waals surface area contributed by atoms with Crippen molar-refractivity contribution in [1.82, 2.24) is 20.4 Å². The lowest BCUT2D eigenvalue weighted by Crippen LogP contribution is -2.26. The monoisotopic (exact) mass is 438 g/mol. The number of carbonyl (C=O) groups is 2. The summed E-state index contributed by atoms with van der Waals surface area (Å²) in [4.78, 5) is 27.1. The number of rotatable bonds is 7. The van der Waals surface area contributed by atoms with Crippen molar-refractivity contribution < 1.29 is 9.59 Å². The molecule has 0 spiro atoms. The topological polar surface area (TPSA) is 78.1 Å². The van der Waals surface area contributed by atoms with Gasteiger partial charge >= 0.3 is 0 Å². The first-order chi connectivity index (χ1) is 16.0. The molecule has 0 atom stereocenters. The average molecular weight is 439 g/mol. The smallest absolute Gasteiger partial charge is 0.257 e. The fourth-order valence-corrected chi connectivity index (χ4v) is 3.70. The van der Waals surface area contributed by atoms with Gasteiger partial charge in [-0.25, -0.2) is 0 Å². The molecule has 4 aromatic rings. The van der Waals surface area contributed by atoms with Gasteiger partial charge in [-0.1, -0.05) is 72.8 Å². The summed E-state index contributed by atoms with van der Waals surface area (Å²) in [6.45, 7) is 2.86. The van der Waals surface area contributed by atoms with Gasteiger partial charge in [0.25, 0.3) is 11.8 Å². The van der Waals surface area contributed by atoms with Crippen LogP contribution in [0.25, 0.3) is 11.3 Å². The molecule has 0 saturated carbocycles. The number of H-pyrrole nitrogens is 1. The number of aromatic nitrogens is 2. The van der Waals surface area contributed by atoms with Crippen molar-refractivity contribution in [3.63, 3.8) is 0 Å². The molecular formula is C27H26N4O2. The van der Waals surface area contributed by atoms with Gasteiger partial charge in [-0.15, -0.1) is 0 Å². The molecule has 0 fully saturated rings. The van der Waals surface area contributed by atoms with Crippen molar-refractivity contribution in [3.8, 4) is 11.3 Å². The van der Waals surface area contributed by atoms with Crippen molar-refractivity contribution in [3.05, 3.63) is 113 Å². The first-order valence-corrected chi connectivity index (χ1v) is 10.8. The van der Waals surface area contributed by atoms with Crippen LogP contribution in [0.2, 0.25) is 0 Å². The van der Waals surface area contributed by atoms with Crippen LogP contribution in [0.1, 0.15) is 37.4 Å². The van der Waals surface area contributed by atoms with Crippen LogP contribution < -0.4 is 5.32 Å². The van der Waals surface area contributed by atoms with Gasteiger partial charge in [0.15, 0.2) is 0 Å². The first kappa shape index (κ1) is 22.0. The number of nitrogens with zero attached hydrogens (tertiary/aromatic N) is 2. The molecule has 0 saturated heterocycles. The minimum atomic E-state index is -0.0998. The standard InChI is InChI=1S/C27H26N4O2/c1-19-8-6-7-11-23(19)26(32)28-16-20-12-14-22(15-13-20)25-24(17-29-30-25)27(33)31(2)18-21-9-4-3-5-10-21/h3-15,17H,16,18H2,1-2H3,(H,28,32)(H,29,30). The number of nitrogens with one attached hydrogen (secondary N) is 2. The zero-order valence-corrected chi connectivity index (χ0v) is 18.7. The summed E-state index contributed by atoms with van der Waals surface area (Å²) >= 11 is 0. The van der Waals surface area contributed by atoms with E-state index in [4.69, 9.17) is 0 Å². The van der Waals surface area contributed by atoms with E-state index >= 15 is 0 Å². The highest BCUT2D eigenvalue weighted by molar-refractivity contribution is 5.99. The summed E-state index contributed by atoms with van der Waals surface area (Å²) in [7, 11) is 1.78. The second-order valence-corrected chi connectivity index (χ2v) is 8.00. The largest absolute Gasteiger partial charge is 0.348 e. The molecule has 1 heterocycles. The second kappa shape index (κ2) is 9.96. The number of benzene rings is 3. The van der Waals surface area contributed by atoms with Gasteiger partial charge in [0.2, 0.25) is 0 Å². The van der Waals surface area contributed by atoms with Crippen molar-refractivity contribution >= 4 is 11.8 Å². The van der Waals surface area contributed by atoms with Crippen LogP contribution >= 0.6 is 0 Å². The predicted octanol–water partition coefficient (Wildman–Crippen LogP) is 4.59. The molecule has 0 bridgehead atoms. The maximum Gasteiger partial charge on any atom is 0.257 e. The summed E-state index contributed by atoms with van der Waals surface area (Å²) in [5.74, 6) is -0.197. The van der Waals surface area contributed by atoms with Crippen LogP contribution in [0, 0.1) is 6.92 Å². The summed E-state index contributed by atoms with van der Waals surface area (Å²) in [5, 5.41) is 10.0. The van der Waals surface area contributed by atoms with Gasteiger partial charge in [-0.05, 0) is 29.7 Å². The Morgan fingerprint density at radius 2 is 1.58 bits per heavy atom. The Kier molecular flexibility index (Phi) is 6.64. The Balaban J connectivity index is 1.42. The molecule has 2 amide bonds. The van der Waals surface area contributed by atoms with E-state index in [2.05, 4.69) is 15.5 Å². The first-order valence-electron chi connectivity index (χ1n) is 10.8. The van der Waals surface area contributed by atoms with Crippen molar-refractivity contribution in [1.29, 1.82) is 0 Å². The summed E-state index contributed by atoms with van der Waals surface area (Å²) < 4.78 is 0. The van der Waals surface area contributed by atoms with Crippen LogP contribution in [0.4, 0.5) is 0 Å².